The zero-order chi connectivity index (χ0) is 45.5. The molecule has 10 nitrogen and oxygen atoms in total. The summed E-state index contributed by atoms with van der Waals surface area (Å²) in [6.07, 6.45) is 24.3. The van der Waals surface area contributed by atoms with Crippen molar-refractivity contribution >= 4 is 59.5 Å². The highest BCUT2D eigenvalue weighted by Gasteiger charge is 2.32. The van der Waals surface area contributed by atoms with Gasteiger partial charge in [0.25, 0.3) is 22.4 Å². The lowest BCUT2D eigenvalue weighted by Gasteiger charge is -2.25. The summed E-state index contributed by atoms with van der Waals surface area (Å²) in [5.41, 5.74) is -0.649. The molecule has 2 N–H and O–H groups in total. The zero-order valence-electron chi connectivity index (χ0n) is 38.9. The Morgan fingerprint density at radius 3 is 1.45 bits per heavy atom. The van der Waals surface area contributed by atoms with E-state index in [0.29, 0.717) is 48.7 Å². The molecule has 0 atom stereocenters. The molecule has 0 bridgehead atoms. The molecular weight excluding hydrogens is 801 g/mol. The summed E-state index contributed by atoms with van der Waals surface area (Å²) in [6, 6.07) is 9.38. The molecule has 1 aliphatic heterocycles. The second-order valence-corrected chi connectivity index (χ2v) is 18.8. The highest BCUT2D eigenvalue weighted by molar-refractivity contribution is 6.39. The maximum Gasteiger partial charge on any atom is 0.278 e. The average Bonchev–Trinajstić information content (AvgIpc) is 3.28. The zero-order valence-corrected chi connectivity index (χ0v) is 38.9. The Labute approximate surface area is 376 Å². The summed E-state index contributed by atoms with van der Waals surface area (Å²) in [4.78, 5) is 57.1. The fourth-order valence-electron chi connectivity index (χ4n) is 11.0. The van der Waals surface area contributed by atoms with E-state index in [1.54, 1.807) is 30.3 Å². The summed E-state index contributed by atoms with van der Waals surface area (Å²) in [5, 5.41) is 39.1. The number of hydrogen-bond donors (Lipinski definition) is 2. The third kappa shape index (κ3) is 8.95. The van der Waals surface area contributed by atoms with E-state index in [4.69, 9.17) is 0 Å². The Hall–Kier alpha value is -5.12. The highest BCUT2D eigenvalue weighted by Crippen LogP contribution is 2.49. The fraction of sp³-hybridized carbons (Fsp3) is 0.556. The van der Waals surface area contributed by atoms with Crippen LogP contribution in [0.1, 0.15) is 194 Å². The number of fused-ring (bicyclic) bond motifs is 2. The number of pyridine rings is 2. The summed E-state index contributed by atoms with van der Waals surface area (Å²) >= 11 is 0. The molecule has 0 spiro atoms. The second-order valence-electron chi connectivity index (χ2n) is 18.8. The number of benzene rings is 5. The van der Waals surface area contributed by atoms with Crippen molar-refractivity contribution in [3.63, 3.8) is 0 Å². The molecule has 2 aliphatic rings. The van der Waals surface area contributed by atoms with Crippen LogP contribution in [0, 0.1) is 15.5 Å². The van der Waals surface area contributed by atoms with Gasteiger partial charge in [0.15, 0.2) is 0 Å². The predicted octanol–water partition coefficient (Wildman–Crippen LogP) is 14.2. The Kier molecular flexibility index (Phi) is 15.6. The van der Waals surface area contributed by atoms with Crippen molar-refractivity contribution in [2.75, 3.05) is 0 Å². The quantitative estimate of drug-likeness (QED) is 0.0173. The molecule has 0 unspecified atom stereocenters. The normalized spacial score (nSPS) is 12.4. The maximum atomic E-state index is 14.8. The number of unbranched alkanes of at least 4 members (excludes halogenated alkanes) is 16. The summed E-state index contributed by atoms with van der Waals surface area (Å²) in [7, 11) is 0. The van der Waals surface area contributed by atoms with Gasteiger partial charge in [-0.3, -0.25) is 33.6 Å². The molecule has 4 aromatic carbocycles. The van der Waals surface area contributed by atoms with Gasteiger partial charge < -0.3 is 10.5 Å². The van der Waals surface area contributed by atoms with E-state index in [1.165, 1.54) is 15.2 Å². The van der Waals surface area contributed by atoms with E-state index < -0.39 is 10.5 Å². The molecule has 342 valence electrons. The summed E-state index contributed by atoms with van der Waals surface area (Å²) in [6.45, 7) is 8.73. The first-order valence-electron chi connectivity index (χ1n) is 25.0. The van der Waals surface area contributed by atoms with Crippen LogP contribution < -0.4 is 22.0 Å². The first-order valence-corrected chi connectivity index (χ1v) is 25.0. The molecule has 0 saturated heterocycles. The molecule has 0 amide bonds. The molecular formula is C54H70N4O6. The van der Waals surface area contributed by atoms with Gasteiger partial charge in [-0.15, -0.1) is 0 Å². The molecule has 10 heteroatoms. The van der Waals surface area contributed by atoms with Gasteiger partial charge in [0.05, 0.1) is 26.6 Å². The Bertz CT molecular complexity index is 2870. The first-order chi connectivity index (χ1) is 31.1. The number of nitro groups is 1. The number of rotatable bonds is 27. The lowest BCUT2D eigenvalue weighted by atomic mass is 9.83. The molecule has 0 fully saturated rings. The van der Waals surface area contributed by atoms with E-state index in [-0.39, 0.29) is 56.5 Å². The third-order valence-electron chi connectivity index (χ3n) is 14.4. The van der Waals surface area contributed by atoms with Crippen LogP contribution in [-0.4, -0.2) is 19.2 Å². The Balaban J connectivity index is 1.44. The smallest absolute Gasteiger partial charge is 0.278 e. The number of hydrogen-bond acceptors (Lipinski definition) is 7. The molecule has 5 aromatic rings. The number of non-ortho nitro benzene ring substituents is 1. The van der Waals surface area contributed by atoms with Crippen molar-refractivity contribution in [2.45, 2.75) is 194 Å². The minimum Gasteiger partial charge on any atom is -0.494 e. The van der Waals surface area contributed by atoms with Crippen molar-refractivity contribution in [3.05, 3.63) is 82.9 Å². The van der Waals surface area contributed by atoms with Gasteiger partial charge in [-0.25, -0.2) is 0 Å². The van der Waals surface area contributed by atoms with Gasteiger partial charge in [-0.1, -0.05) is 168 Å². The minimum absolute atomic E-state index is 0.0661. The molecule has 0 radical (unpaired) electrons. The fourth-order valence-corrected chi connectivity index (χ4v) is 11.0. The number of aromatic hydroxyl groups is 1. The van der Waals surface area contributed by atoms with Crippen LogP contribution in [0.4, 0.5) is 5.69 Å². The lowest BCUT2D eigenvalue weighted by molar-refractivity contribution is -0.382. The van der Waals surface area contributed by atoms with Crippen LogP contribution in [0.2, 0.25) is 0 Å². The van der Waals surface area contributed by atoms with Gasteiger partial charge in [-0.2, -0.15) is 0 Å². The third-order valence-corrected chi connectivity index (χ3v) is 14.4. The number of aromatic nitrogens is 2. The predicted molar refractivity (Wildman–Crippen MR) is 265 cm³/mol. The molecule has 2 heterocycles. The van der Waals surface area contributed by atoms with Crippen LogP contribution in [0.15, 0.2) is 50.8 Å². The molecule has 1 aliphatic carbocycles. The van der Waals surface area contributed by atoms with Crippen LogP contribution in [0.5, 0.6) is 5.88 Å². The topological polar surface area (TPSA) is 148 Å². The first kappa shape index (κ1) is 46.9. The standard InChI is InChI=1S/C54H70N4O6/c1-5-9-13-17-21-25-35(26-22-18-14-10-6-2)56-51(59)39-32-30-38-48-44(58(63)64)34-42-46-40(31-29-37(50(46)48)47-43(55)33-41(53(56)61)45(39)49(38)47)52(60)57(54(42)62)36(27-23-19-15-11-7-3)28-24-20-16-12-8-4/h29-36,55,62H,5-28H2,1-4H3. The minimum atomic E-state index is -0.444. The maximum absolute atomic E-state index is 14.8. The second kappa shape index (κ2) is 21.2. The van der Waals surface area contributed by atoms with E-state index in [2.05, 4.69) is 27.7 Å². The van der Waals surface area contributed by atoms with Crippen LogP contribution in [-0.2, 0) is 0 Å². The van der Waals surface area contributed by atoms with Crippen molar-refractivity contribution in [1.29, 1.82) is 5.41 Å². The van der Waals surface area contributed by atoms with Gasteiger partial charge in [0.1, 0.15) is 0 Å². The Morgan fingerprint density at radius 1 is 0.516 bits per heavy atom. The van der Waals surface area contributed by atoms with Crippen LogP contribution in [0.25, 0.3) is 65.0 Å². The van der Waals surface area contributed by atoms with E-state index in [9.17, 15) is 35.0 Å². The number of nitrogens with zero attached hydrogens (tertiary/aromatic N) is 3. The van der Waals surface area contributed by atoms with Gasteiger partial charge in [0, 0.05) is 56.0 Å². The largest absolute Gasteiger partial charge is 0.494 e. The monoisotopic (exact) mass is 871 g/mol. The molecule has 7 rings (SSSR count). The number of nitro benzene ring substituents is 1. The summed E-state index contributed by atoms with van der Waals surface area (Å²) < 4.78 is 2.97. The van der Waals surface area contributed by atoms with E-state index >= 15 is 0 Å². The lowest BCUT2D eigenvalue weighted by Crippen LogP contribution is -2.38. The Morgan fingerprint density at radius 2 is 0.953 bits per heavy atom. The van der Waals surface area contributed by atoms with Crippen molar-refractivity contribution in [3.8, 4) is 17.0 Å². The van der Waals surface area contributed by atoms with E-state index in [0.717, 1.165) is 154 Å². The van der Waals surface area contributed by atoms with E-state index in [1.807, 2.05) is 0 Å². The van der Waals surface area contributed by atoms with Gasteiger partial charge >= 0.3 is 0 Å². The number of nitrogens with one attached hydrogen (secondary N) is 1. The van der Waals surface area contributed by atoms with Crippen LogP contribution in [0.3, 0.4) is 0 Å². The average molecular weight is 871 g/mol. The van der Waals surface area contributed by atoms with Gasteiger partial charge in [0.2, 0.25) is 5.88 Å². The van der Waals surface area contributed by atoms with Crippen molar-refractivity contribution < 1.29 is 10.0 Å². The summed E-state index contributed by atoms with van der Waals surface area (Å²) in [5.74, 6) is -0.264. The van der Waals surface area contributed by atoms with Gasteiger partial charge in [-0.05, 0) is 54.7 Å². The molecule has 64 heavy (non-hydrogen) atoms. The van der Waals surface area contributed by atoms with Crippen molar-refractivity contribution in [2.24, 2.45) is 0 Å². The molecule has 0 saturated carbocycles. The highest BCUT2D eigenvalue weighted by atomic mass is 16.6. The van der Waals surface area contributed by atoms with Crippen LogP contribution >= 0.6 is 0 Å². The van der Waals surface area contributed by atoms with Crippen molar-refractivity contribution in [1.82, 2.24) is 9.13 Å². The SMILES string of the molecule is CCCCCCCC(CCCCCCC)n1c(O)c2cc([N+](=O)[O-])c3c4ccc5c6c4c(c(=N)cc-6c(=O)n(C(CCCCCCC)CCCCCCC)c5=O)c4ccc(c1=O)c2c43. The molecule has 1 aromatic heterocycles.